The number of thiazole rings is 1. The zero-order valence-corrected chi connectivity index (χ0v) is 18.3. The molecular weight excluding hydrogens is 424 g/mol. The second-order valence-electron chi connectivity index (χ2n) is 6.93. The summed E-state index contributed by atoms with van der Waals surface area (Å²) in [5.74, 6) is -0.00164. The van der Waals surface area contributed by atoms with Crippen molar-refractivity contribution in [1.29, 1.82) is 0 Å². The number of rotatable bonds is 6. The summed E-state index contributed by atoms with van der Waals surface area (Å²) >= 11 is 1.37. The van der Waals surface area contributed by atoms with Gasteiger partial charge in [-0.05, 0) is 40.6 Å². The molecule has 1 aromatic heterocycles. The maximum absolute atomic E-state index is 12.3. The third-order valence-corrected chi connectivity index (χ3v) is 5.41. The van der Waals surface area contributed by atoms with E-state index in [1.54, 1.807) is 24.3 Å². The summed E-state index contributed by atoms with van der Waals surface area (Å²) in [6, 6.07) is 19.3. The average molecular weight is 445 g/mol. The summed E-state index contributed by atoms with van der Waals surface area (Å²) in [7, 11) is 1.48. The summed E-state index contributed by atoms with van der Waals surface area (Å²) in [5, 5.41) is 7.53. The summed E-state index contributed by atoms with van der Waals surface area (Å²) < 4.78 is 10.3. The van der Waals surface area contributed by atoms with Crippen LogP contribution < -0.4 is 14.8 Å². The number of hydrogen-bond acceptors (Lipinski definition) is 6. The number of nitrogens with zero attached hydrogens (tertiary/aromatic N) is 1. The number of fused-ring (bicyclic) bond motifs is 1. The molecule has 32 heavy (non-hydrogen) atoms. The summed E-state index contributed by atoms with van der Waals surface area (Å²) in [5.41, 5.74) is 2.53. The number of hydrogen-bond donors (Lipinski definition) is 1. The van der Waals surface area contributed by atoms with Gasteiger partial charge in [-0.15, -0.1) is 11.3 Å². The van der Waals surface area contributed by atoms with Crippen molar-refractivity contribution in [3.8, 4) is 22.8 Å². The molecule has 1 amide bonds. The maximum atomic E-state index is 12.3. The lowest BCUT2D eigenvalue weighted by Crippen LogP contribution is -2.07. The van der Waals surface area contributed by atoms with Crippen LogP contribution in [-0.2, 0) is 9.59 Å². The van der Waals surface area contributed by atoms with Gasteiger partial charge in [0.25, 0.3) is 0 Å². The van der Waals surface area contributed by atoms with Crippen LogP contribution in [0.1, 0.15) is 12.5 Å². The van der Waals surface area contributed by atoms with E-state index < -0.39 is 5.97 Å². The number of carbonyl (C=O) groups excluding carboxylic acids is 2. The lowest BCUT2D eigenvalue weighted by Gasteiger charge is -2.08. The fourth-order valence-corrected chi connectivity index (χ4v) is 3.88. The molecule has 0 aliphatic rings. The van der Waals surface area contributed by atoms with Gasteiger partial charge in [0.2, 0.25) is 5.91 Å². The molecule has 6 nitrogen and oxygen atoms in total. The van der Waals surface area contributed by atoms with Crippen molar-refractivity contribution in [2.75, 3.05) is 12.4 Å². The third kappa shape index (κ3) is 5.01. The number of aromatic nitrogens is 1. The fraction of sp³-hybridized carbons (Fsp3) is 0.0800. The first-order valence-electron chi connectivity index (χ1n) is 9.82. The number of anilines is 1. The minimum Gasteiger partial charge on any atom is -0.493 e. The molecular formula is C25H20N2O4S. The van der Waals surface area contributed by atoms with Crippen molar-refractivity contribution in [2.24, 2.45) is 0 Å². The molecule has 0 unspecified atom stereocenters. The van der Waals surface area contributed by atoms with Crippen LogP contribution in [0.3, 0.4) is 0 Å². The molecule has 3 aromatic carbocycles. The zero-order valence-electron chi connectivity index (χ0n) is 17.5. The minimum absolute atomic E-state index is 0.299. The van der Waals surface area contributed by atoms with Crippen molar-refractivity contribution in [1.82, 2.24) is 4.98 Å². The Morgan fingerprint density at radius 1 is 1.00 bits per heavy atom. The Bertz CT molecular complexity index is 1330. The van der Waals surface area contributed by atoms with Crippen molar-refractivity contribution in [2.45, 2.75) is 6.92 Å². The number of esters is 1. The average Bonchev–Trinajstić information content (AvgIpc) is 3.26. The molecule has 0 bridgehead atoms. The number of carbonyl (C=O) groups is 2. The molecule has 0 saturated carbocycles. The van der Waals surface area contributed by atoms with E-state index in [4.69, 9.17) is 9.47 Å². The van der Waals surface area contributed by atoms with E-state index in [-0.39, 0.29) is 5.91 Å². The largest absolute Gasteiger partial charge is 0.493 e. The smallest absolute Gasteiger partial charge is 0.308 e. The third-order valence-electron chi connectivity index (χ3n) is 4.65. The van der Waals surface area contributed by atoms with Gasteiger partial charge in [-0.3, -0.25) is 14.9 Å². The Morgan fingerprint density at radius 3 is 2.59 bits per heavy atom. The van der Waals surface area contributed by atoms with Crippen molar-refractivity contribution < 1.29 is 19.1 Å². The molecule has 0 atom stereocenters. The van der Waals surface area contributed by atoms with E-state index >= 15 is 0 Å². The Hall–Kier alpha value is -3.97. The van der Waals surface area contributed by atoms with Gasteiger partial charge in [-0.25, -0.2) is 4.98 Å². The second-order valence-corrected chi connectivity index (χ2v) is 7.78. The highest BCUT2D eigenvalue weighted by atomic mass is 32.1. The minimum atomic E-state index is -0.433. The van der Waals surface area contributed by atoms with Crippen LogP contribution >= 0.6 is 11.3 Å². The van der Waals surface area contributed by atoms with E-state index in [1.807, 2.05) is 23.6 Å². The molecule has 0 aliphatic heterocycles. The highest BCUT2D eigenvalue weighted by molar-refractivity contribution is 7.14. The van der Waals surface area contributed by atoms with Gasteiger partial charge in [-0.1, -0.05) is 42.5 Å². The standard InChI is InChI=1S/C25H20N2O4S/c1-16(28)31-22-11-7-17(13-23(22)30-2)8-12-24(29)27-25-26-21(15-32-25)20-10-9-18-5-3-4-6-19(18)14-20/h3-15H,1-2H3,(H,26,27,29)/b12-8+. The normalized spacial score (nSPS) is 10.9. The number of nitrogens with one attached hydrogen (secondary N) is 1. The molecule has 160 valence electrons. The van der Waals surface area contributed by atoms with E-state index in [0.717, 1.165) is 22.2 Å². The van der Waals surface area contributed by atoms with E-state index in [0.29, 0.717) is 16.6 Å². The molecule has 1 N–H and O–H groups in total. The van der Waals surface area contributed by atoms with Crippen molar-refractivity contribution in [3.05, 3.63) is 77.7 Å². The van der Waals surface area contributed by atoms with Crippen LogP contribution in [0.2, 0.25) is 0 Å². The number of amides is 1. The predicted octanol–water partition coefficient (Wildman–Crippen LogP) is 5.55. The molecule has 0 spiro atoms. The summed E-state index contributed by atoms with van der Waals surface area (Å²) in [4.78, 5) is 28.0. The van der Waals surface area contributed by atoms with E-state index in [2.05, 4.69) is 34.6 Å². The Morgan fingerprint density at radius 2 is 1.81 bits per heavy atom. The summed E-state index contributed by atoms with van der Waals surface area (Å²) in [6.45, 7) is 1.32. The van der Waals surface area contributed by atoms with Gasteiger partial charge >= 0.3 is 5.97 Å². The van der Waals surface area contributed by atoms with Gasteiger partial charge in [0.05, 0.1) is 12.8 Å². The van der Waals surface area contributed by atoms with E-state index in [9.17, 15) is 9.59 Å². The summed E-state index contributed by atoms with van der Waals surface area (Å²) in [6.07, 6.45) is 3.06. The first kappa shape index (κ1) is 21.3. The number of ether oxygens (including phenoxy) is 2. The zero-order chi connectivity index (χ0) is 22.5. The van der Waals surface area contributed by atoms with Gasteiger partial charge in [0, 0.05) is 23.9 Å². The van der Waals surface area contributed by atoms with Crippen LogP contribution in [0.15, 0.2) is 72.1 Å². The molecule has 1 heterocycles. The number of methoxy groups -OCH3 is 1. The lowest BCUT2D eigenvalue weighted by atomic mass is 10.1. The lowest BCUT2D eigenvalue weighted by molar-refractivity contribution is -0.132. The van der Waals surface area contributed by atoms with Gasteiger partial charge < -0.3 is 9.47 Å². The second kappa shape index (κ2) is 9.45. The van der Waals surface area contributed by atoms with Crippen molar-refractivity contribution in [3.63, 3.8) is 0 Å². The van der Waals surface area contributed by atoms with Crippen LogP contribution in [-0.4, -0.2) is 24.0 Å². The highest BCUT2D eigenvalue weighted by Gasteiger charge is 2.09. The molecule has 0 radical (unpaired) electrons. The molecule has 0 fully saturated rings. The molecule has 7 heteroatoms. The van der Waals surface area contributed by atoms with E-state index in [1.165, 1.54) is 36.8 Å². The van der Waals surface area contributed by atoms with Crippen LogP contribution in [0.5, 0.6) is 11.5 Å². The first-order valence-corrected chi connectivity index (χ1v) is 10.7. The van der Waals surface area contributed by atoms with Crippen molar-refractivity contribution >= 4 is 45.2 Å². The van der Waals surface area contributed by atoms with Gasteiger partial charge in [0.15, 0.2) is 16.6 Å². The van der Waals surface area contributed by atoms with Crippen LogP contribution in [0.25, 0.3) is 28.1 Å². The van der Waals surface area contributed by atoms with Crippen LogP contribution in [0, 0.1) is 0 Å². The maximum Gasteiger partial charge on any atom is 0.308 e. The quantitative estimate of drug-likeness (QED) is 0.240. The molecule has 0 aliphatic carbocycles. The van der Waals surface area contributed by atoms with Gasteiger partial charge in [0.1, 0.15) is 0 Å². The Balaban J connectivity index is 1.44. The van der Waals surface area contributed by atoms with Gasteiger partial charge in [-0.2, -0.15) is 0 Å². The number of benzene rings is 3. The monoisotopic (exact) mass is 444 g/mol. The Labute approximate surface area is 189 Å². The van der Waals surface area contributed by atoms with Crippen LogP contribution in [0.4, 0.5) is 5.13 Å². The highest BCUT2D eigenvalue weighted by Crippen LogP contribution is 2.29. The predicted molar refractivity (Wildman–Crippen MR) is 127 cm³/mol. The molecule has 4 rings (SSSR count). The fourth-order valence-electron chi connectivity index (χ4n) is 3.16. The SMILES string of the molecule is COc1cc(/C=C/C(=O)Nc2nc(-c3ccc4ccccc4c3)cs2)ccc1OC(C)=O. The topological polar surface area (TPSA) is 77.5 Å². The Kier molecular flexibility index (Phi) is 6.28. The molecule has 4 aromatic rings. The molecule has 0 saturated heterocycles. The first-order chi connectivity index (χ1) is 15.5.